The van der Waals surface area contributed by atoms with E-state index in [0.717, 1.165) is 0 Å². The minimum atomic E-state index is -0.881. The number of rotatable bonds is 5. The molecule has 3 N–H and O–H groups in total. The molecular weight excluding hydrogens is 216 g/mol. The van der Waals surface area contributed by atoms with Gasteiger partial charge in [0, 0.05) is 21.3 Å². The minimum Gasteiger partial charge on any atom is -0.388 e. The van der Waals surface area contributed by atoms with Gasteiger partial charge < -0.3 is 24.1 Å². The summed E-state index contributed by atoms with van der Waals surface area (Å²) >= 11 is 0. The van der Waals surface area contributed by atoms with E-state index in [1.54, 1.807) is 7.11 Å². The molecule has 0 amide bonds. The van der Waals surface area contributed by atoms with Gasteiger partial charge in [-0.1, -0.05) is 0 Å². The van der Waals surface area contributed by atoms with Crippen molar-refractivity contribution in [2.75, 3.05) is 27.9 Å². The molecule has 0 aromatic carbocycles. The monoisotopic (exact) mass is 235 g/mol. The van der Waals surface area contributed by atoms with E-state index in [1.165, 1.54) is 14.2 Å². The molecule has 7 nitrogen and oxygen atoms in total. The molecule has 7 heteroatoms. The van der Waals surface area contributed by atoms with Crippen molar-refractivity contribution in [2.24, 2.45) is 5.11 Å². The molecule has 1 heterocycles. The van der Waals surface area contributed by atoms with E-state index in [0.29, 0.717) is 6.61 Å². The maximum atomic E-state index is 10.0. The van der Waals surface area contributed by atoms with Crippen molar-refractivity contribution in [3.05, 3.63) is 0 Å². The smallest absolute Gasteiger partial charge is 0.191 e. The number of nitrogens with two attached hydrogens (primary N) is 1. The van der Waals surface area contributed by atoms with E-state index in [2.05, 4.69) is 5.11 Å². The van der Waals surface area contributed by atoms with E-state index in [4.69, 9.17) is 24.5 Å². The molecule has 94 valence electrons. The fourth-order valence-corrected chi connectivity index (χ4v) is 1.85. The van der Waals surface area contributed by atoms with Gasteiger partial charge in [0.05, 0.1) is 6.61 Å². The fourth-order valence-electron chi connectivity index (χ4n) is 1.85. The number of nitrogens with zero attached hydrogens (tertiary/aromatic N) is 1. The zero-order chi connectivity index (χ0) is 12.1. The zero-order valence-corrected chi connectivity index (χ0v) is 9.70. The van der Waals surface area contributed by atoms with Crippen LogP contribution in [0, 0.1) is 0 Å². The Hall–Kier alpha value is -0.600. The van der Waals surface area contributed by atoms with Crippen LogP contribution in [0.5, 0.6) is 0 Å². The molecule has 1 aliphatic rings. The second kappa shape index (κ2) is 6.21. The lowest BCUT2D eigenvalue weighted by Gasteiger charge is -2.40. The van der Waals surface area contributed by atoms with Crippen LogP contribution in [0.1, 0.15) is 0 Å². The van der Waals surface area contributed by atoms with Gasteiger partial charge in [0.15, 0.2) is 12.3 Å². The lowest BCUT2D eigenvalue weighted by Crippen LogP contribution is -2.60. The Morgan fingerprint density at radius 3 is 2.44 bits per heavy atom. The van der Waals surface area contributed by atoms with Gasteiger partial charge in [-0.2, -0.15) is 5.53 Å². The van der Waals surface area contributed by atoms with Crippen LogP contribution >= 0.6 is 0 Å². The normalized spacial score (nSPS) is 39.6. The number of hydrogen-bond acceptors (Lipinski definition) is 6. The van der Waals surface area contributed by atoms with E-state index < -0.39 is 30.6 Å². The Morgan fingerprint density at radius 2 is 2.00 bits per heavy atom. The maximum Gasteiger partial charge on any atom is 0.191 e. The number of methoxy groups -OCH3 is 3. The van der Waals surface area contributed by atoms with Crippen molar-refractivity contribution in [2.45, 2.75) is 30.6 Å². The van der Waals surface area contributed by atoms with Crippen molar-refractivity contribution in [3.63, 3.8) is 0 Å². The highest BCUT2D eigenvalue weighted by atomic mass is 16.7. The molecule has 0 aromatic heterocycles. The van der Waals surface area contributed by atoms with Crippen molar-refractivity contribution < 1.29 is 29.6 Å². The molecule has 0 bridgehead atoms. The zero-order valence-electron chi connectivity index (χ0n) is 9.70. The quantitative estimate of drug-likeness (QED) is 0.535. The highest BCUT2D eigenvalue weighted by molar-refractivity contribution is 4.93. The summed E-state index contributed by atoms with van der Waals surface area (Å²) in [4.78, 5) is 0. The van der Waals surface area contributed by atoms with Crippen molar-refractivity contribution in [1.29, 1.82) is 0 Å². The van der Waals surface area contributed by atoms with Gasteiger partial charge >= 0.3 is 0 Å². The molecule has 5 unspecified atom stereocenters. The molecule has 1 aliphatic heterocycles. The summed E-state index contributed by atoms with van der Waals surface area (Å²) in [6.45, 7) is 0.298. The molecular formula is C9H19N2O5+. The van der Waals surface area contributed by atoms with Gasteiger partial charge in [0.25, 0.3) is 0 Å². The van der Waals surface area contributed by atoms with Crippen molar-refractivity contribution >= 4 is 0 Å². The van der Waals surface area contributed by atoms with Crippen LogP contribution in [0.2, 0.25) is 0 Å². The molecule has 0 aromatic rings. The lowest BCUT2D eigenvalue weighted by molar-refractivity contribution is -0.302. The van der Waals surface area contributed by atoms with Gasteiger partial charge in [-0.05, 0) is 5.11 Å². The summed E-state index contributed by atoms with van der Waals surface area (Å²) in [5.74, 6) is 0. The Bertz CT molecular complexity index is 228. The Labute approximate surface area is 94.1 Å². The molecule has 0 saturated carbocycles. The first-order valence-electron chi connectivity index (χ1n) is 4.97. The summed E-state index contributed by atoms with van der Waals surface area (Å²) in [6.07, 6.45) is -2.52. The molecule has 16 heavy (non-hydrogen) atoms. The topological polar surface area (TPSA) is 95.1 Å². The van der Waals surface area contributed by atoms with Crippen molar-refractivity contribution in [1.82, 2.24) is 0 Å². The van der Waals surface area contributed by atoms with Gasteiger partial charge in [0.1, 0.15) is 18.3 Å². The van der Waals surface area contributed by atoms with Crippen LogP contribution in [0.3, 0.4) is 0 Å². The number of hydrogen-bond donors (Lipinski definition) is 2. The molecule has 1 saturated heterocycles. The SMILES string of the molecule is COCC1OC(OC)C(N=[NH2+])C(O)C1OC. The predicted octanol–water partition coefficient (Wildman–Crippen LogP) is -2.04. The van der Waals surface area contributed by atoms with Crippen LogP contribution in [0.15, 0.2) is 5.11 Å². The van der Waals surface area contributed by atoms with Crippen LogP contribution in [0.4, 0.5) is 0 Å². The second-order valence-corrected chi connectivity index (χ2v) is 3.56. The molecule has 0 aliphatic carbocycles. The summed E-state index contributed by atoms with van der Waals surface area (Å²) in [7, 11) is 4.50. The van der Waals surface area contributed by atoms with Crippen LogP contribution in [-0.2, 0) is 18.9 Å². The standard InChI is InChI=1S/C9H18N2O5/c1-13-4-5-8(14-2)7(12)6(11-10)9(15-3)16-5/h5-10,12H,4H2,1-3H3/p+1. The molecule has 1 fully saturated rings. The summed E-state index contributed by atoms with van der Waals surface area (Å²) < 4.78 is 20.8. The van der Waals surface area contributed by atoms with Gasteiger partial charge in [0.2, 0.25) is 0 Å². The maximum absolute atomic E-state index is 10.0. The van der Waals surface area contributed by atoms with E-state index in [1.807, 2.05) is 0 Å². The molecule has 5 atom stereocenters. The van der Waals surface area contributed by atoms with E-state index >= 15 is 0 Å². The van der Waals surface area contributed by atoms with E-state index in [-0.39, 0.29) is 0 Å². The first-order valence-corrected chi connectivity index (χ1v) is 4.97. The number of aliphatic hydroxyl groups excluding tert-OH is 1. The Balaban J connectivity index is 2.79. The van der Waals surface area contributed by atoms with Crippen LogP contribution in [0.25, 0.3) is 0 Å². The third-order valence-corrected chi connectivity index (χ3v) is 2.65. The van der Waals surface area contributed by atoms with E-state index in [9.17, 15) is 5.11 Å². The first kappa shape index (κ1) is 13.5. The molecule has 0 spiro atoms. The number of ether oxygens (including phenoxy) is 4. The molecule has 1 rings (SSSR count). The molecule has 0 radical (unpaired) electrons. The summed E-state index contributed by atoms with van der Waals surface area (Å²) in [6, 6.07) is -0.664. The van der Waals surface area contributed by atoms with Crippen LogP contribution < -0.4 is 5.53 Å². The van der Waals surface area contributed by atoms with Gasteiger partial charge in [-0.15, -0.1) is 0 Å². The highest BCUT2D eigenvalue weighted by Gasteiger charge is 2.47. The third kappa shape index (κ3) is 2.55. The largest absolute Gasteiger partial charge is 0.388 e. The minimum absolute atomic E-state index is 0.298. The van der Waals surface area contributed by atoms with Gasteiger partial charge in [-0.3, -0.25) is 0 Å². The lowest BCUT2D eigenvalue weighted by atomic mass is 9.97. The Morgan fingerprint density at radius 1 is 1.31 bits per heavy atom. The summed E-state index contributed by atoms with van der Waals surface area (Å²) in [5.41, 5.74) is 5.21. The average molecular weight is 235 g/mol. The average Bonchev–Trinajstić information content (AvgIpc) is 2.29. The fraction of sp³-hybridized carbons (Fsp3) is 1.00. The summed E-state index contributed by atoms with van der Waals surface area (Å²) in [5, 5.41) is 13.6. The highest BCUT2D eigenvalue weighted by Crippen LogP contribution is 2.25. The van der Waals surface area contributed by atoms with Crippen LogP contribution in [-0.4, -0.2) is 63.7 Å². The Kier molecular flexibility index (Phi) is 5.23. The third-order valence-electron chi connectivity index (χ3n) is 2.65. The first-order chi connectivity index (χ1) is 7.69. The van der Waals surface area contributed by atoms with Gasteiger partial charge in [-0.25, -0.2) is 0 Å². The number of aliphatic hydroxyl groups is 1. The predicted molar refractivity (Wildman–Crippen MR) is 52.5 cm³/mol. The van der Waals surface area contributed by atoms with Crippen molar-refractivity contribution in [3.8, 4) is 0 Å². The second-order valence-electron chi connectivity index (χ2n) is 3.56.